The minimum absolute atomic E-state index is 0.207. The van der Waals surface area contributed by atoms with E-state index in [2.05, 4.69) is 18.0 Å². The first kappa shape index (κ1) is 10.7. The Morgan fingerprint density at radius 2 is 2.12 bits per heavy atom. The number of aromatic amines is 1. The average Bonchev–Trinajstić information content (AvgIpc) is 2.65. The maximum absolute atomic E-state index is 11.3. The summed E-state index contributed by atoms with van der Waals surface area (Å²) in [5, 5.41) is 1.20. The minimum Gasteiger partial charge on any atom is -0.469 e. The molecule has 1 N–H and O–H groups in total. The molecule has 16 heavy (non-hydrogen) atoms. The van der Waals surface area contributed by atoms with Crippen LogP contribution in [-0.2, 0) is 22.4 Å². The normalized spacial score (nSPS) is 10.6. The van der Waals surface area contributed by atoms with Crippen molar-refractivity contribution in [1.82, 2.24) is 4.98 Å². The zero-order valence-corrected chi connectivity index (χ0v) is 9.54. The molecule has 0 spiro atoms. The summed E-state index contributed by atoms with van der Waals surface area (Å²) < 4.78 is 4.69. The summed E-state index contributed by atoms with van der Waals surface area (Å²) in [4.78, 5) is 14.6. The summed E-state index contributed by atoms with van der Waals surface area (Å²) in [6.45, 7) is 2.09. The van der Waals surface area contributed by atoms with Gasteiger partial charge in [0.25, 0.3) is 0 Å². The Morgan fingerprint density at radius 3 is 2.81 bits per heavy atom. The molecule has 0 aliphatic carbocycles. The predicted octanol–water partition coefficient (Wildman–Crippen LogP) is 2.45. The Balaban J connectivity index is 2.48. The van der Waals surface area contributed by atoms with Crippen molar-refractivity contribution in [3.8, 4) is 0 Å². The van der Waals surface area contributed by atoms with E-state index in [0.29, 0.717) is 6.42 Å². The van der Waals surface area contributed by atoms with Crippen molar-refractivity contribution < 1.29 is 9.53 Å². The van der Waals surface area contributed by atoms with Gasteiger partial charge in [-0.1, -0.05) is 25.1 Å². The van der Waals surface area contributed by atoms with E-state index in [0.717, 1.165) is 17.6 Å². The van der Waals surface area contributed by atoms with E-state index in [4.69, 9.17) is 4.74 Å². The lowest BCUT2D eigenvalue weighted by molar-refractivity contribution is -0.139. The Labute approximate surface area is 94.4 Å². The predicted molar refractivity (Wildman–Crippen MR) is 63.4 cm³/mol. The summed E-state index contributed by atoms with van der Waals surface area (Å²) in [7, 11) is 1.41. The van der Waals surface area contributed by atoms with Crippen LogP contribution in [0.3, 0.4) is 0 Å². The minimum atomic E-state index is -0.207. The number of carbonyl (C=O) groups excluding carboxylic acids is 1. The first-order chi connectivity index (χ1) is 7.76. The first-order valence-electron chi connectivity index (χ1n) is 5.41. The Morgan fingerprint density at radius 1 is 1.38 bits per heavy atom. The summed E-state index contributed by atoms with van der Waals surface area (Å²) in [6, 6.07) is 8.10. The van der Waals surface area contributed by atoms with Crippen molar-refractivity contribution in [2.24, 2.45) is 0 Å². The number of carbonyl (C=O) groups is 1. The van der Waals surface area contributed by atoms with Gasteiger partial charge in [-0.2, -0.15) is 0 Å². The molecule has 0 bridgehead atoms. The molecular weight excluding hydrogens is 202 g/mol. The molecule has 3 heteroatoms. The third-order valence-corrected chi connectivity index (χ3v) is 2.80. The van der Waals surface area contributed by atoms with E-state index >= 15 is 0 Å². The quantitative estimate of drug-likeness (QED) is 0.802. The summed E-state index contributed by atoms with van der Waals surface area (Å²) in [6.07, 6.45) is 1.23. The number of benzene rings is 1. The molecule has 0 saturated heterocycles. The number of aromatic nitrogens is 1. The molecule has 1 aromatic heterocycles. The number of hydrogen-bond donors (Lipinski definition) is 1. The monoisotopic (exact) mass is 217 g/mol. The van der Waals surface area contributed by atoms with Crippen molar-refractivity contribution in [1.29, 1.82) is 0 Å². The fraction of sp³-hybridized carbons (Fsp3) is 0.308. The highest BCUT2D eigenvalue weighted by atomic mass is 16.5. The molecule has 84 valence electrons. The number of aryl methyl sites for hydroxylation is 1. The van der Waals surface area contributed by atoms with Gasteiger partial charge in [0.15, 0.2) is 0 Å². The number of rotatable bonds is 3. The molecule has 0 fully saturated rings. The van der Waals surface area contributed by atoms with Crippen molar-refractivity contribution in [2.75, 3.05) is 7.11 Å². The van der Waals surface area contributed by atoms with Crippen LogP contribution in [0.2, 0.25) is 0 Å². The first-order valence-corrected chi connectivity index (χ1v) is 5.41. The maximum Gasteiger partial charge on any atom is 0.311 e. The molecule has 0 amide bonds. The van der Waals surface area contributed by atoms with E-state index < -0.39 is 0 Å². The molecule has 2 aromatic rings. The van der Waals surface area contributed by atoms with Crippen LogP contribution in [0.15, 0.2) is 24.3 Å². The highest BCUT2D eigenvalue weighted by Crippen LogP contribution is 2.23. The Hall–Kier alpha value is -1.77. The molecule has 0 aliphatic heterocycles. The molecule has 0 saturated carbocycles. The molecule has 0 atom stereocenters. The van der Waals surface area contributed by atoms with Crippen LogP contribution in [0.25, 0.3) is 10.9 Å². The lowest BCUT2D eigenvalue weighted by Crippen LogP contribution is -2.06. The number of hydrogen-bond acceptors (Lipinski definition) is 2. The third-order valence-electron chi connectivity index (χ3n) is 2.80. The van der Waals surface area contributed by atoms with Gasteiger partial charge in [-0.25, -0.2) is 0 Å². The molecule has 0 radical (unpaired) electrons. The lowest BCUT2D eigenvalue weighted by atomic mass is 10.1. The number of ether oxygens (including phenoxy) is 1. The number of methoxy groups -OCH3 is 1. The number of nitrogens with one attached hydrogen (secondary N) is 1. The van der Waals surface area contributed by atoms with Gasteiger partial charge in [0.2, 0.25) is 0 Å². The van der Waals surface area contributed by atoms with Crippen LogP contribution in [0.5, 0.6) is 0 Å². The molecule has 0 unspecified atom stereocenters. The smallest absolute Gasteiger partial charge is 0.311 e. The summed E-state index contributed by atoms with van der Waals surface area (Å²) in [5.74, 6) is -0.207. The van der Waals surface area contributed by atoms with Gasteiger partial charge in [0.05, 0.1) is 13.5 Å². The van der Waals surface area contributed by atoms with E-state index in [-0.39, 0.29) is 5.97 Å². The van der Waals surface area contributed by atoms with E-state index in [1.165, 1.54) is 18.1 Å². The van der Waals surface area contributed by atoms with Crippen LogP contribution >= 0.6 is 0 Å². The Bertz CT molecular complexity index is 514. The second-order valence-corrected chi connectivity index (χ2v) is 3.73. The molecule has 1 heterocycles. The Kier molecular flexibility index (Phi) is 2.95. The van der Waals surface area contributed by atoms with Gasteiger partial charge in [0.1, 0.15) is 0 Å². The fourth-order valence-electron chi connectivity index (χ4n) is 2.03. The second kappa shape index (κ2) is 4.39. The van der Waals surface area contributed by atoms with E-state index in [1.807, 2.05) is 18.2 Å². The lowest BCUT2D eigenvalue weighted by Gasteiger charge is -2.00. The van der Waals surface area contributed by atoms with Gasteiger partial charge in [-0.3, -0.25) is 4.79 Å². The van der Waals surface area contributed by atoms with E-state index in [9.17, 15) is 4.79 Å². The van der Waals surface area contributed by atoms with Gasteiger partial charge in [-0.15, -0.1) is 0 Å². The van der Waals surface area contributed by atoms with Gasteiger partial charge >= 0.3 is 5.97 Å². The highest BCUT2D eigenvalue weighted by molar-refractivity contribution is 5.86. The number of H-pyrrole nitrogens is 1. The van der Waals surface area contributed by atoms with E-state index in [1.54, 1.807) is 0 Å². The summed E-state index contributed by atoms with van der Waals surface area (Å²) in [5.41, 5.74) is 3.26. The fourth-order valence-corrected chi connectivity index (χ4v) is 2.03. The largest absolute Gasteiger partial charge is 0.469 e. The van der Waals surface area contributed by atoms with Crippen LogP contribution in [0, 0.1) is 0 Å². The van der Waals surface area contributed by atoms with Gasteiger partial charge in [-0.05, 0) is 18.1 Å². The topological polar surface area (TPSA) is 42.1 Å². The maximum atomic E-state index is 11.3. The number of fused-ring (bicyclic) bond motifs is 1. The van der Waals surface area contributed by atoms with Crippen LogP contribution in [0.1, 0.15) is 18.2 Å². The van der Waals surface area contributed by atoms with Crippen molar-refractivity contribution in [3.05, 3.63) is 35.5 Å². The molecule has 1 aromatic carbocycles. The molecule has 3 nitrogen and oxygen atoms in total. The second-order valence-electron chi connectivity index (χ2n) is 3.73. The molecular formula is C13H15NO2. The molecule has 2 rings (SSSR count). The SMILES string of the molecule is CCc1c(CC(=O)OC)[nH]c2ccccc12. The van der Waals surface area contributed by atoms with Crippen molar-refractivity contribution in [2.45, 2.75) is 19.8 Å². The highest BCUT2D eigenvalue weighted by Gasteiger charge is 2.12. The van der Waals surface area contributed by atoms with Gasteiger partial charge in [0, 0.05) is 16.6 Å². The molecule has 0 aliphatic rings. The average molecular weight is 217 g/mol. The van der Waals surface area contributed by atoms with Crippen LogP contribution in [-0.4, -0.2) is 18.1 Å². The van der Waals surface area contributed by atoms with Crippen LogP contribution < -0.4 is 0 Å². The zero-order chi connectivity index (χ0) is 11.5. The van der Waals surface area contributed by atoms with Crippen molar-refractivity contribution >= 4 is 16.9 Å². The van der Waals surface area contributed by atoms with Crippen molar-refractivity contribution in [3.63, 3.8) is 0 Å². The number of esters is 1. The third kappa shape index (κ3) is 1.81. The summed E-state index contributed by atoms with van der Waals surface area (Å²) >= 11 is 0. The number of para-hydroxylation sites is 1. The zero-order valence-electron chi connectivity index (χ0n) is 9.54. The standard InChI is InChI=1S/C13H15NO2/c1-3-9-10-6-4-5-7-11(10)14-12(9)8-13(15)16-2/h4-7,14H,3,8H2,1-2H3. The van der Waals surface area contributed by atoms with Gasteiger partial charge < -0.3 is 9.72 Å². The van der Waals surface area contributed by atoms with Crippen LogP contribution in [0.4, 0.5) is 0 Å².